The molecule has 3 rings (SSSR count). The highest BCUT2D eigenvalue weighted by Crippen LogP contribution is 2.19. The van der Waals surface area contributed by atoms with Gasteiger partial charge in [-0.2, -0.15) is 9.78 Å². The fraction of sp³-hybridized carbons (Fsp3) is 0.389. The first kappa shape index (κ1) is 19.8. The van der Waals surface area contributed by atoms with E-state index in [1.165, 1.54) is 30.5 Å². The van der Waals surface area contributed by atoms with Crippen LogP contribution >= 0.6 is 11.6 Å². The molecule has 1 heterocycles. The number of nitrogens with zero attached hydrogens (tertiary/aromatic N) is 3. The molecule has 0 spiro atoms. The first-order valence-corrected chi connectivity index (χ1v) is 9.39. The topological polar surface area (TPSA) is 119 Å². The summed E-state index contributed by atoms with van der Waals surface area (Å²) in [4.78, 5) is 34.6. The third-order valence-electron chi connectivity index (χ3n) is 4.61. The molecule has 28 heavy (non-hydrogen) atoms. The molecule has 0 atom stereocenters. The fourth-order valence-corrected chi connectivity index (χ4v) is 3.33. The van der Waals surface area contributed by atoms with Crippen LogP contribution in [0.5, 0.6) is 0 Å². The van der Waals surface area contributed by atoms with Crippen LogP contribution in [0, 0.1) is 10.1 Å². The van der Waals surface area contributed by atoms with E-state index in [2.05, 4.69) is 15.7 Å². The fourth-order valence-electron chi connectivity index (χ4n) is 3.14. The molecule has 0 radical (unpaired) electrons. The van der Waals surface area contributed by atoms with Crippen molar-refractivity contribution < 1.29 is 9.72 Å². The Labute approximate surface area is 165 Å². The lowest BCUT2D eigenvalue weighted by Crippen LogP contribution is -2.33. The number of non-ortho nitro benzene ring substituents is 1. The zero-order chi connectivity index (χ0) is 20.1. The van der Waals surface area contributed by atoms with Crippen LogP contribution in [0.15, 0.2) is 35.3 Å². The number of carbonyl (C=O) groups excluding carboxylic acids is 1. The lowest BCUT2D eigenvalue weighted by molar-refractivity contribution is -0.384. The Bertz CT molecular complexity index is 923. The highest BCUT2D eigenvalue weighted by atomic mass is 35.5. The maximum atomic E-state index is 12.5. The first-order chi connectivity index (χ1) is 13.5. The molecule has 0 unspecified atom stereocenters. The summed E-state index contributed by atoms with van der Waals surface area (Å²) in [6, 6.07) is 5.68. The Hall–Kier alpha value is -2.94. The van der Waals surface area contributed by atoms with Gasteiger partial charge in [-0.15, -0.1) is 0 Å². The Morgan fingerprint density at radius 2 is 1.96 bits per heavy atom. The van der Waals surface area contributed by atoms with Crippen molar-refractivity contribution in [2.24, 2.45) is 0 Å². The Morgan fingerprint density at radius 3 is 2.61 bits per heavy atom. The van der Waals surface area contributed by atoms with Gasteiger partial charge >= 0.3 is 0 Å². The highest BCUT2D eigenvalue weighted by Gasteiger charge is 2.17. The number of amides is 1. The van der Waals surface area contributed by atoms with Gasteiger partial charge in [0.25, 0.3) is 11.2 Å². The second-order valence-corrected chi connectivity index (χ2v) is 6.97. The summed E-state index contributed by atoms with van der Waals surface area (Å²) >= 11 is 6.14. The van der Waals surface area contributed by atoms with Gasteiger partial charge < -0.3 is 10.6 Å². The number of nitro benzene ring substituents is 1. The van der Waals surface area contributed by atoms with Crippen LogP contribution in [0.25, 0.3) is 5.69 Å². The Balaban J connectivity index is 1.62. The minimum Gasteiger partial charge on any atom is -0.382 e. The molecule has 0 saturated heterocycles. The number of rotatable bonds is 7. The van der Waals surface area contributed by atoms with Crippen LogP contribution < -0.4 is 16.2 Å². The number of nitro groups is 1. The minimum atomic E-state index is -0.559. The van der Waals surface area contributed by atoms with E-state index in [-0.39, 0.29) is 29.1 Å². The summed E-state index contributed by atoms with van der Waals surface area (Å²) in [5, 5.41) is 20.7. The van der Waals surface area contributed by atoms with Crippen molar-refractivity contribution in [3.8, 4) is 5.69 Å². The molecule has 1 aromatic heterocycles. The maximum absolute atomic E-state index is 12.5. The summed E-state index contributed by atoms with van der Waals surface area (Å²) in [6.07, 6.45) is 5.99. The van der Waals surface area contributed by atoms with Gasteiger partial charge in [0.15, 0.2) is 0 Å². The third kappa shape index (κ3) is 4.66. The summed E-state index contributed by atoms with van der Waals surface area (Å²) in [5.74, 6) is -0.0392. The average molecular weight is 406 g/mol. The zero-order valence-electron chi connectivity index (χ0n) is 15.1. The quantitative estimate of drug-likeness (QED) is 0.539. The number of aromatic nitrogens is 2. The van der Waals surface area contributed by atoms with Crippen molar-refractivity contribution >= 4 is 28.9 Å². The number of halogens is 1. The van der Waals surface area contributed by atoms with Gasteiger partial charge in [-0.3, -0.25) is 19.7 Å². The predicted molar refractivity (Wildman–Crippen MR) is 105 cm³/mol. The summed E-state index contributed by atoms with van der Waals surface area (Å²) < 4.78 is 1.06. The van der Waals surface area contributed by atoms with Crippen molar-refractivity contribution in [3.05, 3.63) is 56.0 Å². The van der Waals surface area contributed by atoms with E-state index in [4.69, 9.17) is 11.6 Å². The van der Waals surface area contributed by atoms with Crippen molar-refractivity contribution in [1.82, 2.24) is 15.1 Å². The van der Waals surface area contributed by atoms with E-state index in [1.807, 2.05) is 0 Å². The molecule has 1 aromatic carbocycles. The van der Waals surface area contributed by atoms with Gasteiger partial charge in [0.1, 0.15) is 5.02 Å². The molecule has 2 aromatic rings. The molecule has 1 saturated carbocycles. The molecule has 10 heteroatoms. The standard InChI is InChI=1S/C18H20ClN5O4/c19-17-15(20-10-9-16(25)22-12-3-1-2-4-12)11-21-23(18(17)26)13-5-7-14(8-6-13)24(27)28/h5-8,11-12,20H,1-4,9-10H2,(H,22,25). The van der Waals surface area contributed by atoms with Crippen LogP contribution in [0.2, 0.25) is 5.02 Å². The lowest BCUT2D eigenvalue weighted by atomic mass is 10.2. The van der Waals surface area contributed by atoms with E-state index in [1.54, 1.807) is 0 Å². The van der Waals surface area contributed by atoms with Crippen molar-refractivity contribution in [1.29, 1.82) is 0 Å². The number of benzene rings is 1. The second kappa shape index (κ2) is 8.83. The number of hydrogen-bond acceptors (Lipinski definition) is 6. The van der Waals surface area contributed by atoms with Gasteiger partial charge in [0, 0.05) is 31.1 Å². The molecule has 148 valence electrons. The summed E-state index contributed by atoms with van der Waals surface area (Å²) in [5.41, 5.74) is 0.0477. The monoisotopic (exact) mass is 405 g/mol. The maximum Gasteiger partial charge on any atom is 0.292 e. The van der Waals surface area contributed by atoms with E-state index >= 15 is 0 Å². The van der Waals surface area contributed by atoms with E-state index in [9.17, 15) is 19.7 Å². The smallest absolute Gasteiger partial charge is 0.292 e. The van der Waals surface area contributed by atoms with Crippen LogP contribution in [-0.2, 0) is 4.79 Å². The number of nitrogens with one attached hydrogen (secondary N) is 2. The Morgan fingerprint density at radius 1 is 1.29 bits per heavy atom. The van der Waals surface area contributed by atoms with Gasteiger partial charge in [0.05, 0.1) is 22.5 Å². The third-order valence-corrected chi connectivity index (χ3v) is 4.98. The molecule has 0 bridgehead atoms. The van der Waals surface area contributed by atoms with Crippen molar-refractivity contribution in [2.75, 3.05) is 11.9 Å². The van der Waals surface area contributed by atoms with Crippen LogP contribution in [0.1, 0.15) is 32.1 Å². The molecule has 2 N–H and O–H groups in total. The van der Waals surface area contributed by atoms with E-state index in [0.29, 0.717) is 17.9 Å². The van der Waals surface area contributed by atoms with E-state index < -0.39 is 10.5 Å². The van der Waals surface area contributed by atoms with Crippen molar-refractivity contribution in [3.63, 3.8) is 0 Å². The molecular weight excluding hydrogens is 386 g/mol. The molecule has 9 nitrogen and oxygen atoms in total. The highest BCUT2D eigenvalue weighted by molar-refractivity contribution is 6.32. The van der Waals surface area contributed by atoms with Gasteiger partial charge in [-0.25, -0.2) is 0 Å². The van der Waals surface area contributed by atoms with E-state index in [0.717, 1.165) is 30.4 Å². The van der Waals surface area contributed by atoms with Crippen LogP contribution in [0.3, 0.4) is 0 Å². The number of anilines is 1. The normalized spacial score (nSPS) is 14.0. The molecule has 1 fully saturated rings. The molecule has 1 aliphatic rings. The Kier molecular flexibility index (Phi) is 6.25. The van der Waals surface area contributed by atoms with Crippen LogP contribution in [-0.4, -0.2) is 33.2 Å². The molecule has 1 amide bonds. The molecule has 0 aliphatic heterocycles. The lowest BCUT2D eigenvalue weighted by Gasteiger charge is -2.13. The minimum absolute atomic E-state index is 0.0392. The van der Waals surface area contributed by atoms with Gasteiger partial charge in [0.2, 0.25) is 5.91 Å². The molecule has 1 aliphatic carbocycles. The largest absolute Gasteiger partial charge is 0.382 e. The van der Waals surface area contributed by atoms with Crippen LogP contribution in [0.4, 0.5) is 11.4 Å². The zero-order valence-corrected chi connectivity index (χ0v) is 15.8. The van der Waals surface area contributed by atoms with Gasteiger partial charge in [-0.05, 0) is 25.0 Å². The number of hydrogen-bond donors (Lipinski definition) is 2. The summed E-state index contributed by atoms with van der Waals surface area (Å²) in [7, 11) is 0. The molecular formula is C18H20ClN5O4. The van der Waals surface area contributed by atoms with Crippen molar-refractivity contribution in [2.45, 2.75) is 38.1 Å². The second-order valence-electron chi connectivity index (χ2n) is 6.59. The SMILES string of the molecule is O=C(CCNc1cnn(-c2ccc([N+](=O)[O-])cc2)c(=O)c1Cl)NC1CCCC1. The summed E-state index contributed by atoms with van der Waals surface area (Å²) in [6.45, 7) is 0.320. The first-order valence-electron chi connectivity index (χ1n) is 9.01. The van der Waals surface area contributed by atoms with Gasteiger partial charge in [-0.1, -0.05) is 24.4 Å². The average Bonchev–Trinajstić information content (AvgIpc) is 3.18. The predicted octanol–water partition coefficient (Wildman–Crippen LogP) is 2.65. The number of carbonyl (C=O) groups is 1.